The van der Waals surface area contributed by atoms with Crippen molar-refractivity contribution in [2.75, 3.05) is 0 Å². The normalized spacial score (nSPS) is 24.7. The van der Waals surface area contributed by atoms with Crippen molar-refractivity contribution in [2.45, 2.75) is 96.1 Å². The van der Waals surface area contributed by atoms with E-state index in [2.05, 4.69) is 18.2 Å². The molecule has 0 aromatic heterocycles. The lowest BCUT2D eigenvalue weighted by molar-refractivity contribution is -0.147. The first-order chi connectivity index (χ1) is 14.9. The van der Waals surface area contributed by atoms with Crippen LogP contribution >= 0.6 is 0 Å². The molecule has 3 N–H and O–H groups in total. The lowest BCUT2D eigenvalue weighted by Crippen LogP contribution is -2.23. The van der Waals surface area contributed by atoms with Crippen LogP contribution < -0.4 is 0 Å². The number of hydrogen-bond acceptors (Lipinski definition) is 5. The molecule has 4 unspecified atom stereocenters. The number of benzene rings is 1. The second-order valence-corrected chi connectivity index (χ2v) is 9.09. The standard InChI is InChI=1S/C26H40O5/c1-19(2)31-26(30)13-9-4-3-8-12-22-23(25(29)18-24(22)28)17-16-21(27)15-14-20-10-6-5-7-11-20/h3,5-8,10-11,19,21-25,27-29H,4,9,12-18H2,1-2H3/t21?,22?,23-,24?,25?/m1/s1. The number of carbonyl (C=O) groups excluding carboxylic acids is 1. The molecule has 1 aliphatic rings. The predicted molar refractivity (Wildman–Crippen MR) is 122 cm³/mol. The zero-order valence-corrected chi connectivity index (χ0v) is 19.0. The molecule has 0 amide bonds. The van der Waals surface area contributed by atoms with E-state index in [1.165, 1.54) is 5.56 Å². The molecule has 5 heteroatoms. The average Bonchev–Trinajstić information content (AvgIpc) is 3.00. The number of aliphatic hydroxyl groups is 3. The first-order valence-electron chi connectivity index (χ1n) is 11.8. The molecule has 1 aromatic rings. The molecule has 2 rings (SSSR count). The van der Waals surface area contributed by atoms with Crippen molar-refractivity contribution >= 4 is 5.97 Å². The van der Waals surface area contributed by atoms with Crippen molar-refractivity contribution in [2.24, 2.45) is 11.8 Å². The van der Waals surface area contributed by atoms with Gasteiger partial charge in [0.2, 0.25) is 0 Å². The lowest BCUT2D eigenvalue weighted by atomic mass is 9.85. The van der Waals surface area contributed by atoms with Gasteiger partial charge in [-0.05, 0) is 82.6 Å². The van der Waals surface area contributed by atoms with Gasteiger partial charge in [0.15, 0.2) is 0 Å². The van der Waals surface area contributed by atoms with Gasteiger partial charge in [-0.3, -0.25) is 4.79 Å². The summed E-state index contributed by atoms with van der Waals surface area (Å²) in [5.74, 6) is -0.144. The number of esters is 1. The molecule has 0 aliphatic heterocycles. The zero-order valence-electron chi connectivity index (χ0n) is 19.0. The van der Waals surface area contributed by atoms with Gasteiger partial charge in [0.25, 0.3) is 0 Å². The number of rotatable bonds is 13. The quantitative estimate of drug-likeness (QED) is 0.247. The average molecular weight is 433 g/mol. The third-order valence-corrected chi connectivity index (χ3v) is 6.16. The van der Waals surface area contributed by atoms with Crippen LogP contribution in [0.2, 0.25) is 0 Å². The fourth-order valence-electron chi connectivity index (χ4n) is 4.47. The van der Waals surface area contributed by atoms with E-state index in [1.54, 1.807) is 0 Å². The monoisotopic (exact) mass is 432 g/mol. The van der Waals surface area contributed by atoms with E-state index < -0.39 is 18.3 Å². The van der Waals surface area contributed by atoms with E-state index in [0.29, 0.717) is 38.5 Å². The minimum Gasteiger partial charge on any atom is -0.463 e. The van der Waals surface area contributed by atoms with Crippen LogP contribution in [0, 0.1) is 11.8 Å². The SMILES string of the molecule is CC(C)OC(=O)CCCC=CCC1C(O)CC(O)[C@@H]1CCC(O)CCc1ccccc1. The van der Waals surface area contributed by atoms with E-state index >= 15 is 0 Å². The molecular weight excluding hydrogens is 392 g/mol. The summed E-state index contributed by atoms with van der Waals surface area (Å²) in [4.78, 5) is 11.5. The van der Waals surface area contributed by atoms with Crippen LogP contribution in [-0.2, 0) is 16.0 Å². The van der Waals surface area contributed by atoms with Crippen LogP contribution in [0.4, 0.5) is 0 Å². The summed E-state index contributed by atoms with van der Waals surface area (Å²) in [6, 6.07) is 10.1. The van der Waals surface area contributed by atoms with E-state index in [1.807, 2.05) is 38.1 Å². The van der Waals surface area contributed by atoms with Crippen LogP contribution in [0.3, 0.4) is 0 Å². The van der Waals surface area contributed by atoms with Crippen LogP contribution in [-0.4, -0.2) is 45.7 Å². The molecule has 0 radical (unpaired) electrons. The number of ether oxygens (including phenoxy) is 1. The van der Waals surface area contributed by atoms with Crippen molar-refractivity contribution in [3.05, 3.63) is 48.0 Å². The molecule has 5 nitrogen and oxygen atoms in total. The highest BCUT2D eigenvalue weighted by Gasteiger charge is 2.40. The van der Waals surface area contributed by atoms with Gasteiger partial charge in [-0.1, -0.05) is 42.5 Å². The highest BCUT2D eigenvalue weighted by molar-refractivity contribution is 5.69. The van der Waals surface area contributed by atoms with Gasteiger partial charge in [-0.25, -0.2) is 0 Å². The van der Waals surface area contributed by atoms with Crippen LogP contribution in [0.25, 0.3) is 0 Å². The number of allylic oxidation sites excluding steroid dienone is 2. The second kappa shape index (κ2) is 13.7. The third-order valence-electron chi connectivity index (χ3n) is 6.16. The molecule has 0 heterocycles. The Morgan fingerprint density at radius 1 is 1.10 bits per heavy atom. The van der Waals surface area contributed by atoms with Gasteiger partial charge in [0.1, 0.15) is 0 Å². The Morgan fingerprint density at radius 3 is 2.52 bits per heavy atom. The van der Waals surface area contributed by atoms with E-state index in [9.17, 15) is 20.1 Å². The van der Waals surface area contributed by atoms with E-state index in [4.69, 9.17) is 4.74 Å². The Labute approximate surface area is 187 Å². The highest BCUT2D eigenvalue weighted by Crippen LogP contribution is 2.38. The van der Waals surface area contributed by atoms with Crippen molar-refractivity contribution in [3.8, 4) is 0 Å². The summed E-state index contributed by atoms with van der Waals surface area (Å²) in [5, 5.41) is 31.2. The number of unbranched alkanes of at least 4 members (excludes halogenated alkanes) is 1. The van der Waals surface area contributed by atoms with Crippen molar-refractivity contribution in [1.29, 1.82) is 0 Å². The summed E-state index contributed by atoms with van der Waals surface area (Å²) in [5.41, 5.74) is 1.22. The minimum absolute atomic E-state index is 0.00652. The Morgan fingerprint density at radius 2 is 1.81 bits per heavy atom. The topological polar surface area (TPSA) is 87.0 Å². The number of aliphatic hydroxyl groups excluding tert-OH is 3. The second-order valence-electron chi connectivity index (χ2n) is 9.09. The van der Waals surface area contributed by atoms with Gasteiger partial charge in [-0.15, -0.1) is 0 Å². The van der Waals surface area contributed by atoms with Gasteiger partial charge < -0.3 is 20.1 Å². The lowest BCUT2D eigenvalue weighted by Gasteiger charge is -2.23. The maximum Gasteiger partial charge on any atom is 0.306 e. The molecule has 31 heavy (non-hydrogen) atoms. The first-order valence-corrected chi connectivity index (χ1v) is 11.8. The van der Waals surface area contributed by atoms with Crippen molar-refractivity contribution in [3.63, 3.8) is 0 Å². The Hall–Kier alpha value is -1.69. The maximum atomic E-state index is 11.5. The maximum absolute atomic E-state index is 11.5. The summed E-state index contributed by atoms with van der Waals surface area (Å²) in [6.07, 6.45) is 8.58. The Balaban J connectivity index is 1.70. The van der Waals surface area contributed by atoms with Crippen LogP contribution in [0.1, 0.15) is 70.8 Å². The molecule has 1 saturated carbocycles. The smallest absolute Gasteiger partial charge is 0.306 e. The molecule has 5 atom stereocenters. The van der Waals surface area contributed by atoms with Gasteiger partial charge in [-0.2, -0.15) is 0 Å². The molecular formula is C26H40O5. The predicted octanol–water partition coefficient (Wildman–Crippen LogP) is 4.19. The third kappa shape index (κ3) is 9.55. The van der Waals surface area contributed by atoms with Crippen molar-refractivity contribution in [1.82, 2.24) is 0 Å². The Kier molecular flexibility index (Phi) is 11.3. The summed E-state index contributed by atoms with van der Waals surface area (Å²) >= 11 is 0. The van der Waals surface area contributed by atoms with Crippen LogP contribution in [0.15, 0.2) is 42.5 Å². The fraction of sp³-hybridized carbons (Fsp3) is 0.654. The van der Waals surface area contributed by atoms with E-state index in [0.717, 1.165) is 19.3 Å². The number of hydrogen-bond donors (Lipinski definition) is 3. The molecule has 1 fully saturated rings. The highest BCUT2D eigenvalue weighted by atomic mass is 16.5. The largest absolute Gasteiger partial charge is 0.463 e. The Bertz CT molecular complexity index is 657. The fourth-order valence-corrected chi connectivity index (χ4v) is 4.47. The summed E-state index contributed by atoms with van der Waals surface area (Å²) in [7, 11) is 0. The first kappa shape index (κ1) is 25.6. The molecule has 0 saturated heterocycles. The minimum atomic E-state index is -0.513. The molecule has 0 spiro atoms. The number of aryl methyl sites for hydroxylation is 1. The summed E-state index contributed by atoms with van der Waals surface area (Å²) in [6.45, 7) is 3.69. The molecule has 1 aromatic carbocycles. The number of carbonyl (C=O) groups is 1. The van der Waals surface area contributed by atoms with Gasteiger partial charge >= 0.3 is 5.97 Å². The van der Waals surface area contributed by atoms with E-state index in [-0.39, 0.29) is 23.9 Å². The summed E-state index contributed by atoms with van der Waals surface area (Å²) < 4.78 is 5.12. The molecule has 0 bridgehead atoms. The molecule has 1 aliphatic carbocycles. The van der Waals surface area contributed by atoms with Gasteiger partial charge in [0.05, 0.1) is 24.4 Å². The van der Waals surface area contributed by atoms with Crippen LogP contribution in [0.5, 0.6) is 0 Å². The zero-order chi connectivity index (χ0) is 22.6. The van der Waals surface area contributed by atoms with Crippen molar-refractivity contribution < 1.29 is 24.9 Å². The molecule has 174 valence electrons. The van der Waals surface area contributed by atoms with Gasteiger partial charge in [0, 0.05) is 6.42 Å².